The zero-order valence-electron chi connectivity index (χ0n) is 26.6. The van der Waals surface area contributed by atoms with Crippen molar-refractivity contribution in [2.24, 2.45) is 12.8 Å². The summed E-state index contributed by atoms with van der Waals surface area (Å²) in [5.74, 6) is -0.557. The van der Waals surface area contributed by atoms with E-state index in [9.17, 15) is 9.59 Å². The van der Waals surface area contributed by atoms with Gasteiger partial charge in [-0.15, -0.1) is 0 Å². The third kappa shape index (κ3) is 6.51. The summed E-state index contributed by atoms with van der Waals surface area (Å²) in [5.41, 5.74) is 10.6. The molecule has 12 heteroatoms. The van der Waals surface area contributed by atoms with Crippen LogP contribution in [0.5, 0.6) is 0 Å². The van der Waals surface area contributed by atoms with Crippen LogP contribution in [0.25, 0.3) is 33.5 Å². The smallest absolute Gasteiger partial charge is 0.255 e. The van der Waals surface area contributed by atoms with Gasteiger partial charge in [-0.3, -0.25) is 14.3 Å². The first-order valence-electron chi connectivity index (χ1n) is 14.9. The van der Waals surface area contributed by atoms with Gasteiger partial charge in [0, 0.05) is 52.4 Å². The van der Waals surface area contributed by atoms with Crippen LogP contribution in [0.4, 0.5) is 0 Å². The number of carbonyl (C=O) groups excluding carboxylic acids is 2. The number of ether oxygens (including phenoxy) is 1. The maximum atomic E-state index is 13.6. The Kier molecular flexibility index (Phi) is 8.23. The lowest BCUT2D eigenvalue weighted by Gasteiger charge is -2.38. The molecule has 0 spiro atoms. The highest BCUT2D eigenvalue weighted by Gasteiger charge is 2.32. The van der Waals surface area contributed by atoms with E-state index in [-0.39, 0.29) is 24.1 Å². The highest BCUT2D eigenvalue weighted by molar-refractivity contribution is 6.76. The van der Waals surface area contributed by atoms with Gasteiger partial charge in [-0.25, -0.2) is 9.97 Å². The summed E-state index contributed by atoms with van der Waals surface area (Å²) in [6.45, 7) is 17.0. The first-order chi connectivity index (χ1) is 20.1. The average molecular weight is 605 g/mol. The molecule has 11 nitrogen and oxygen atoms in total. The number of amides is 2. The minimum atomic E-state index is -1.26. The van der Waals surface area contributed by atoms with E-state index in [1.54, 1.807) is 28.8 Å². The highest BCUT2D eigenvalue weighted by Crippen LogP contribution is 2.32. The first-order valence-corrected chi connectivity index (χ1v) is 18.6. The molecule has 1 aromatic carbocycles. The molecule has 1 aliphatic rings. The summed E-state index contributed by atoms with van der Waals surface area (Å²) in [4.78, 5) is 37.7. The van der Waals surface area contributed by atoms with E-state index < -0.39 is 20.0 Å². The fourth-order valence-electron chi connectivity index (χ4n) is 5.19. The van der Waals surface area contributed by atoms with E-state index in [0.717, 1.165) is 16.9 Å². The maximum Gasteiger partial charge on any atom is 0.255 e. The second kappa shape index (κ2) is 11.5. The number of likely N-dealkylation sites (tertiary alicyclic amines) is 1. The van der Waals surface area contributed by atoms with Gasteiger partial charge in [-0.05, 0) is 30.0 Å². The topological polar surface area (TPSA) is 133 Å². The average Bonchev–Trinajstić information content (AvgIpc) is 3.44. The van der Waals surface area contributed by atoms with Crippen molar-refractivity contribution >= 4 is 42.0 Å². The van der Waals surface area contributed by atoms with Crippen LogP contribution in [-0.4, -0.2) is 80.9 Å². The van der Waals surface area contributed by atoms with Crippen molar-refractivity contribution < 1.29 is 14.3 Å². The number of nitrogens with two attached hydrogens (primary N) is 1. The SMILES string of the molecule is C[C@@H](NC(=O)c1cn(COCC[Si](C)(C)C)c2ncc(-c3nn(C)c4cc(C(C)(C)C)ccc34)nc12)C(=O)N1CC(N)C1. The molecule has 0 saturated carbocycles. The molecule has 1 fully saturated rings. The lowest BCUT2D eigenvalue weighted by molar-refractivity contribution is -0.137. The van der Waals surface area contributed by atoms with Crippen molar-refractivity contribution in [3.8, 4) is 11.4 Å². The number of carbonyl (C=O) groups is 2. The van der Waals surface area contributed by atoms with Crippen molar-refractivity contribution in [2.75, 3.05) is 19.7 Å². The van der Waals surface area contributed by atoms with Crippen molar-refractivity contribution in [3.05, 3.63) is 41.7 Å². The van der Waals surface area contributed by atoms with Gasteiger partial charge < -0.3 is 25.3 Å². The van der Waals surface area contributed by atoms with Crippen molar-refractivity contribution in [1.82, 2.24) is 34.5 Å². The molecule has 1 saturated heterocycles. The summed E-state index contributed by atoms with van der Waals surface area (Å²) >= 11 is 0. The predicted octanol–water partition coefficient (Wildman–Crippen LogP) is 3.88. The zero-order chi connectivity index (χ0) is 31.3. The summed E-state index contributed by atoms with van der Waals surface area (Å²) in [7, 11) is 0.656. The van der Waals surface area contributed by atoms with E-state index in [4.69, 9.17) is 25.5 Å². The predicted molar refractivity (Wildman–Crippen MR) is 172 cm³/mol. The van der Waals surface area contributed by atoms with Crippen molar-refractivity contribution in [1.29, 1.82) is 0 Å². The van der Waals surface area contributed by atoms with Crippen LogP contribution < -0.4 is 11.1 Å². The maximum absolute atomic E-state index is 13.6. The lowest BCUT2D eigenvalue weighted by atomic mass is 9.86. The fourth-order valence-corrected chi connectivity index (χ4v) is 5.94. The minimum absolute atomic E-state index is 0.000150. The van der Waals surface area contributed by atoms with Crippen molar-refractivity contribution in [2.45, 2.75) is 77.6 Å². The Morgan fingerprint density at radius 2 is 1.93 bits per heavy atom. The molecule has 4 aromatic rings. The Morgan fingerprint density at radius 1 is 1.21 bits per heavy atom. The molecule has 1 atom stereocenters. The van der Waals surface area contributed by atoms with Crippen LogP contribution in [0.3, 0.4) is 0 Å². The van der Waals surface area contributed by atoms with Crippen LogP contribution in [0, 0.1) is 0 Å². The molecule has 230 valence electrons. The fraction of sp³-hybridized carbons (Fsp3) is 0.516. The number of aromatic nitrogens is 5. The minimum Gasteiger partial charge on any atom is -0.361 e. The second-order valence-electron chi connectivity index (χ2n) is 13.9. The Balaban J connectivity index is 1.50. The Labute approximate surface area is 253 Å². The third-order valence-corrected chi connectivity index (χ3v) is 9.64. The van der Waals surface area contributed by atoms with E-state index in [1.807, 2.05) is 11.7 Å². The summed E-state index contributed by atoms with van der Waals surface area (Å²) in [6, 6.07) is 6.66. The number of fused-ring (bicyclic) bond motifs is 2. The molecule has 0 radical (unpaired) electrons. The molecule has 0 unspecified atom stereocenters. The number of hydrogen-bond acceptors (Lipinski definition) is 7. The van der Waals surface area contributed by atoms with Gasteiger partial charge in [0.1, 0.15) is 29.7 Å². The molecule has 3 N–H and O–H groups in total. The van der Waals surface area contributed by atoms with Gasteiger partial charge >= 0.3 is 0 Å². The van der Waals surface area contributed by atoms with Gasteiger partial charge in [0.25, 0.3) is 5.91 Å². The molecule has 1 aliphatic heterocycles. The van der Waals surface area contributed by atoms with Crippen LogP contribution in [0.15, 0.2) is 30.6 Å². The summed E-state index contributed by atoms with van der Waals surface area (Å²) in [5, 5.41) is 8.61. The van der Waals surface area contributed by atoms with Gasteiger partial charge in [0.15, 0.2) is 5.65 Å². The number of aryl methyl sites for hydroxylation is 1. The van der Waals surface area contributed by atoms with Crippen molar-refractivity contribution in [3.63, 3.8) is 0 Å². The summed E-state index contributed by atoms with van der Waals surface area (Å²) in [6.07, 6.45) is 3.41. The normalized spacial score (nSPS) is 15.2. The van der Waals surface area contributed by atoms with Gasteiger partial charge in [-0.2, -0.15) is 5.10 Å². The number of rotatable bonds is 9. The van der Waals surface area contributed by atoms with Crippen LogP contribution in [0.2, 0.25) is 25.7 Å². The third-order valence-electron chi connectivity index (χ3n) is 7.94. The van der Waals surface area contributed by atoms with E-state index >= 15 is 0 Å². The molecule has 0 aliphatic carbocycles. The van der Waals surface area contributed by atoms with Crippen LogP contribution in [0.1, 0.15) is 43.6 Å². The molecule has 0 bridgehead atoms. The molecule has 3 aromatic heterocycles. The number of nitrogens with zero attached hydrogens (tertiary/aromatic N) is 6. The Hall–Kier alpha value is -3.61. The van der Waals surface area contributed by atoms with E-state index in [0.29, 0.717) is 47.8 Å². The second-order valence-corrected chi connectivity index (χ2v) is 19.6. The standard InChI is InChI=1S/C31H44N8O3Si/c1-19(30(41)38-15-21(32)16-38)34-29(40)23-17-39(18-42-11-12-43(6,7)8)28-27(23)35-24(14-33-28)26-22-10-9-20(31(2,3)4)13-25(22)37(5)36-26/h9-10,13-14,17,19,21H,11-12,15-16,18,32H2,1-8H3,(H,34,40)/t19-/m1/s1. The van der Waals surface area contributed by atoms with Crippen LogP contribution in [-0.2, 0) is 28.7 Å². The molecular weight excluding hydrogens is 560 g/mol. The quantitative estimate of drug-likeness (QED) is 0.219. The van der Waals surface area contributed by atoms with Gasteiger partial charge in [0.2, 0.25) is 5.91 Å². The number of nitrogens with one attached hydrogen (secondary N) is 1. The number of benzene rings is 1. The van der Waals surface area contributed by atoms with Crippen LogP contribution >= 0.6 is 0 Å². The molecule has 5 rings (SSSR count). The zero-order valence-corrected chi connectivity index (χ0v) is 27.6. The Bertz CT molecular complexity index is 1670. The highest BCUT2D eigenvalue weighted by atomic mass is 28.3. The van der Waals surface area contributed by atoms with Gasteiger partial charge in [0.05, 0.1) is 17.3 Å². The molecular formula is C31H44N8O3Si. The van der Waals surface area contributed by atoms with E-state index in [1.165, 1.54) is 5.56 Å². The molecule has 43 heavy (non-hydrogen) atoms. The molecule has 2 amide bonds. The monoisotopic (exact) mass is 604 g/mol. The van der Waals surface area contributed by atoms with Gasteiger partial charge in [-0.1, -0.05) is 52.5 Å². The first kappa shape index (κ1) is 30.8. The lowest BCUT2D eigenvalue weighted by Crippen LogP contribution is -2.61. The largest absolute Gasteiger partial charge is 0.361 e. The molecule has 4 heterocycles. The number of hydrogen-bond donors (Lipinski definition) is 2. The summed E-state index contributed by atoms with van der Waals surface area (Å²) < 4.78 is 9.66. The van der Waals surface area contributed by atoms with E-state index in [2.05, 4.69) is 63.9 Å². The Morgan fingerprint density at radius 3 is 2.58 bits per heavy atom.